The van der Waals surface area contributed by atoms with E-state index in [1.165, 1.54) is 6.92 Å². The molecule has 0 aromatic carbocycles. The average Bonchev–Trinajstić information content (AvgIpc) is 1.86. The van der Waals surface area contributed by atoms with Crippen molar-refractivity contribution in [1.29, 1.82) is 0 Å². The molecule has 0 atom stereocenters. The monoisotopic (exact) mass is 162 g/mol. The van der Waals surface area contributed by atoms with E-state index in [4.69, 9.17) is 0 Å². The van der Waals surface area contributed by atoms with Crippen LogP contribution in [-0.2, 0) is 6.18 Å². The van der Waals surface area contributed by atoms with Crippen LogP contribution in [0.1, 0.15) is 11.1 Å². The molecule has 0 unspecified atom stereocenters. The van der Waals surface area contributed by atoms with Gasteiger partial charge >= 0.3 is 6.18 Å². The van der Waals surface area contributed by atoms with E-state index < -0.39 is 11.7 Å². The van der Waals surface area contributed by atoms with Gasteiger partial charge in [0.15, 0.2) is 0 Å². The molecule has 60 valence electrons. The lowest BCUT2D eigenvalue weighted by atomic mass is 10.2. The Kier molecular flexibility index (Phi) is 1.80. The second kappa shape index (κ2) is 2.48. The van der Waals surface area contributed by atoms with Gasteiger partial charge in [-0.1, -0.05) is 0 Å². The average molecular weight is 162 g/mol. The Morgan fingerprint density at radius 1 is 1.18 bits per heavy atom. The summed E-state index contributed by atoms with van der Waals surface area (Å²) < 4.78 is 35.9. The fraction of sp³-hybridized carbons (Fsp3) is 0.333. The number of hydrogen-bond donors (Lipinski definition) is 0. The molecule has 0 N–H and O–H groups in total. The zero-order valence-electron chi connectivity index (χ0n) is 5.68. The van der Waals surface area contributed by atoms with Crippen LogP contribution < -0.4 is 0 Å². The molecule has 1 rings (SSSR count). The van der Waals surface area contributed by atoms with Gasteiger partial charge in [-0.25, -0.2) is 0 Å². The summed E-state index contributed by atoms with van der Waals surface area (Å²) in [5.41, 5.74) is -0.639. The van der Waals surface area contributed by atoms with E-state index in [1.807, 2.05) is 0 Å². The van der Waals surface area contributed by atoms with Crippen LogP contribution in [-0.4, -0.2) is 10.2 Å². The molecule has 1 heterocycles. The van der Waals surface area contributed by atoms with Crippen molar-refractivity contribution in [1.82, 2.24) is 10.2 Å². The number of hydrogen-bond acceptors (Lipinski definition) is 2. The highest BCUT2D eigenvalue weighted by molar-refractivity contribution is 5.21. The van der Waals surface area contributed by atoms with Crippen LogP contribution in [0.4, 0.5) is 13.2 Å². The van der Waals surface area contributed by atoms with Crippen molar-refractivity contribution in [2.24, 2.45) is 0 Å². The van der Waals surface area contributed by atoms with Crippen molar-refractivity contribution in [3.05, 3.63) is 23.5 Å². The fourth-order valence-corrected chi connectivity index (χ4v) is 0.679. The molecule has 5 heteroatoms. The third kappa shape index (κ3) is 1.66. The van der Waals surface area contributed by atoms with Crippen LogP contribution >= 0.6 is 0 Å². The van der Waals surface area contributed by atoms with Crippen molar-refractivity contribution >= 4 is 0 Å². The van der Waals surface area contributed by atoms with Gasteiger partial charge in [0.1, 0.15) is 0 Å². The quantitative estimate of drug-likeness (QED) is 0.581. The smallest absolute Gasteiger partial charge is 0.166 e. The van der Waals surface area contributed by atoms with Crippen molar-refractivity contribution in [3.8, 4) is 0 Å². The number of halogens is 3. The molecule has 1 aromatic heterocycles. The molecule has 0 saturated heterocycles. The lowest BCUT2D eigenvalue weighted by Gasteiger charge is -2.06. The van der Waals surface area contributed by atoms with Gasteiger partial charge < -0.3 is 0 Å². The van der Waals surface area contributed by atoms with Gasteiger partial charge in [0, 0.05) is 0 Å². The zero-order valence-corrected chi connectivity index (χ0v) is 5.68. The predicted octanol–water partition coefficient (Wildman–Crippen LogP) is 1.80. The maximum Gasteiger partial charge on any atom is 0.418 e. The second-order valence-electron chi connectivity index (χ2n) is 2.08. The summed E-state index contributed by atoms with van der Waals surface area (Å²) in [6.07, 6.45) is -2.52. The summed E-state index contributed by atoms with van der Waals surface area (Å²) in [6.45, 7) is 1.34. The SMILES string of the molecule is Cc1cnncc1C(F)(F)F. The predicted molar refractivity (Wildman–Crippen MR) is 31.8 cm³/mol. The van der Waals surface area contributed by atoms with Gasteiger partial charge in [0.05, 0.1) is 18.0 Å². The lowest BCUT2D eigenvalue weighted by Crippen LogP contribution is -2.08. The molecular formula is C6H5F3N2. The molecule has 0 aliphatic carbocycles. The van der Waals surface area contributed by atoms with E-state index in [0.717, 1.165) is 12.4 Å². The van der Waals surface area contributed by atoms with Crippen LogP contribution in [0.15, 0.2) is 12.4 Å². The van der Waals surface area contributed by atoms with E-state index in [0.29, 0.717) is 0 Å². The van der Waals surface area contributed by atoms with Gasteiger partial charge in [0.25, 0.3) is 0 Å². The molecular weight excluding hydrogens is 157 g/mol. The Morgan fingerprint density at radius 3 is 2.09 bits per heavy atom. The van der Waals surface area contributed by atoms with Crippen molar-refractivity contribution in [3.63, 3.8) is 0 Å². The third-order valence-corrected chi connectivity index (χ3v) is 1.24. The Labute approximate surface area is 61.1 Å². The highest BCUT2D eigenvalue weighted by atomic mass is 19.4. The van der Waals surface area contributed by atoms with Gasteiger partial charge in [0.2, 0.25) is 0 Å². The molecule has 0 aliphatic heterocycles. The molecule has 0 bridgehead atoms. The van der Waals surface area contributed by atoms with E-state index in [2.05, 4.69) is 10.2 Å². The first-order valence-electron chi connectivity index (χ1n) is 2.86. The van der Waals surface area contributed by atoms with Crippen LogP contribution in [0.3, 0.4) is 0 Å². The van der Waals surface area contributed by atoms with E-state index in [1.54, 1.807) is 0 Å². The first-order valence-corrected chi connectivity index (χ1v) is 2.86. The largest absolute Gasteiger partial charge is 0.418 e. The van der Waals surface area contributed by atoms with E-state index in [-0.39, 0.29) is 5.56 Å². The Hall–Kier alpha value is -1.13. The molecule has 1 aromatic rings. The minimum Gasteiger partial charge on any atom is -0.166 e. The molecule has 2 nitrogen and oxygen atoms in total. The topological polar surface area (TPSA) is 25.8 Å². The summed E-state index contributed by atoms with van der Waals surface area (Å²) in [6, 6.07) is 0. The van der Waals surface area contributed by atoms with Crippen LogP contribution in [0.5, 0.6) is 0 Å². The first kappa shape index (κ1) is 7.97. The van der Waals surface area contributed by atoms with Crippen molar-refractivity contribution in [2.45, 2.75) is 13.1 Å². The fourth-order valence-electron chi connectivity index (χ4n) is 0.679. The number of aromatic nitrogens is 2. The van der Waals surface area contributed by atoms with Gasteiger partial charge in [-0.3, -0.25) is 0 Å². The number of rotatable bonds is 0. The summed E-state index contributed by atoms with van der Waals surface area (Å²) in [7, 11) is 0. The van der Waals surface area contributed by atoms with Crippen LogP contribution in [0.2, 0.25) is 0 Å². The minimum absolute atomic E-state index is 0.0903. The number of nitrogens with zero attached hydrogens (tertiary/aromatic N) is 2. The Balaban J connectivity index is 3.14. The van der Waals surface area contributed by atoms with Crippen molar-refractivity contribution < 1.29 is 13.2 Å². The van der Waals surface area contributed by atoms with Crippen LogP contribution in [0, 0.1) is 6.92 Å². The minimum atomic E-state index is -4.32. The molecule has 0 amide bonds. The molecule has 0 radical (unpaired) electrons. The lowest BCUT2D eigenvalue weighted by molar-refractivity contribution is -0.138. The van der Waals surface area contributed by atoms with E-state index in [9.17, 15) is 13.2 Å². The second-order valence-corrected chi connectivity index (χ2v) is 2.08. The van der Waals surface area contributed by atoms with Gasteiger partial charge in [-0.05, 0) is 12.5 Å². The maximum absolute atomic E-state index is 12.0. The Bertz CT molecular complexity index is 256. The van der Waals surface area contributed by atoms with Crippen molar-refractivity contribution in [2.75, 3.05) is 0 Å². The highest BCUT2D eigenvalue weighted by Crippen LogP contribution is 2.30. The summed E-state index contributed by atoms with van der Waals surface area (Å²) in [5.74, 6) is 0. The molecule has 0 aliphatic rings. The maximum atomic E-state index is 12.0. The molecule has 0 fully saturated rings. The first-order chi connectivity index (χ1) is 5.02. The molecule has 11 heavy (non-hydrogen) atoms. The Morgan fingerprint density at radius 2 is 1.73 bits per heavy atom. The number of alkyl halides is 3. The normalized spacial score (nSPS) is 11.6. The van der Waals surface area contributed by atoms with Gasteiger partial charge in [-0.15, -0.1) is 0 Å². The molecule has 0 saturated carbocycles. The standard InChI is InChI=1S/C6H5F3N2/c1-4-2-10-11-3-5(4)6(7,8)9/h2-3H,1H3. The highest BCUT2D eigenvalue weighted by Gasteiger charge is 2.32. The summed E-state index contributed by atoms with van der Waals surface area (Å²) >= 11 is 0. The third-order valence-electron chi connectivity index (χ3n) is 1.24. The van der Waals surface area contributed by atoms with E-state index >= 15 is 0 Å². The summed E-state index contributed by atoms with van der Waals surface area (Å²) in [5, 5.41) is 6.45. The molecule has 0 spiro atoms. The van der Waals surface area contributed by atoms with Crippen LogP contribution in [0.25, 0.3) is 0 Å². The summed E-state index contributed by atoms with van der Waals surface area (Å²) in [4.78, 5) is 0. The van der Waals surface area contributed by atoms with Gasteiger partial charge in [-0.2, -0.15) is 23.4 Å². The number of aryl methyl sites for hydroxylation is 1. The zero-order chi connectivity index (χ0) is 8.48.